The predicted octanol–water partition coefficient (Wildman–Crippen LogP) is 2.58. The van der Waals surface area contributed by atoms with E-state index in [4.69, 9.17) is 4.99 Å². The number of nitrogens with one attached hydrogen (secondary N) is 1. The van der Waals surface area contributed by atoms with E-state index in [0.29, 0.717) is 6.04 Å². The van der Waals surface area contributed by atoms with Gasteiger partial charge in [-0.3, -0.25) is 4.99 Å². The minimum absolute atomic E-state index is 0.605. The monoisotopic (exact) mass is 325 g/mol. The van der Waals surface area contributed by atoms with Crippen LogP contribution in [0.25, 0.3) is 0 Å². The Bertz CT molecular complexity index is 457. The normalized spacial score (nSPS) is 13.5. The Morgan fingerprint density at radius 3 is 2.68 bits per heavy atom. The average Bonchev–Trinajstić information content (AvgIpc) is 2.90. The van der Waals surface area contributed by atoms with Crippen molar-refractivity contribution in [1.82, 2.24) is 20.1 Å². The van der Waals surface area contributed by atoms with E-state index in [-0.39, 0.29) is 0 Å². The highest BCUT2D eigenvalue weighted by Gasteiger charge is 2.09. The molecule has 0 aliphatic rings. The van der Waals surface area contributed by atoms with Gasteiger partial charge in [-0.1, -0.05) is 6.92 Å². The Labute approximate surface area is 139 Å². The fraction of sp³-hybridized carbons (Fsp3) is 0.750. The molecular weight excluding hydrogens is 294 g/mol. The highest BCUT2D eigenvalue weighted by Crippen LogP contribution is 2.09. The number of aromatic nitrogens is 1. The molecule has 1 rings (SSSR count). The highest BCUT2D eigenvalue weighted by molar-refractivity contribution is 7.09. The number of aryl methyl sites for hydroxylation is 1. The summed E-state index contributed by atoms with van der Waals surface area (Å²) in [5, 5.41) is 6.59. The molecule has 1 N–H and O–H groups in total. The first-order valence-corrected chi connectivity index (χ1v) is 8.96. The summed E-state index contributed by atoms with van der Waals surface area (Å²) in [4.78, 5) is 13.8. The Hall–Kier alpha value is -1.14. The first-order chi connectivity index (χ1) is 10.5. The molecule has 22 heavy (non-hydrogen) atoms. The molecule has 0 radical (unpaired) electrons. The zero-order chi connectivity index (χ0) is 16.5. The summed E-state index contributed by atoms with van der Waals surface area (Å²) in [5.74, 6) is 0.950. The van der Waals surface area contributed by atoms with Gasteiger partial charge in [0.1, 0.15) is 0 Å². The van der Waals surface area contributed by atoms with E-state index in [2.05, 4.69) is 60.3 Å². The third-order valence-electron chi connectivity index (χ3n) is 3.82. The standard InChI is InChI=1S/C16H31N5S/c1-7-13(3)20(5)10-9-18-16(17-8-2)21(6)11-15-12-22-14(4)19-15/h12-13H,7-11H2,1-6H3,(H,17,18). The van der Waals surface area contributed by atoms with Gasteiger partial charge >= 0.3 is 0 Å². The number of aliphatic imine (C=N–C) groups is 1. The largest absolute Gasteiger partial charge is 0.357 e. The molecule has 0 amide bonds. The third-order valence-corrected chi connectivity index (χ3v) is 4.64. The minimum Gasteiger partial charge on any atom is -0.357 e. The smallest absolute Gasteiger partial charge is 0.194 e. The summed E-state index contributed by atoms with van der Waals surface area (Å²) in [5.41, 5.74) is 1.10. The van der Waals surface area contributed by atoms with Crippen molar-refractivity contribution in [2.75, 3.05) is 33.7 Å². The summed E-state index contributed by atoms with van der Waals surface area (Å²) >= 11 is 1.69. The van der Waals surface area contributed by atoms with Crippen molar-refractivity contribution in [3.63, 3.8) is 0 Å². The quantitative estimate of drug-likeness (QED) is 0.589. The first-order valence-electron chi connectivity index (χ1n) is 8.08. The van der Waals surface area contributed by atoms with Gasteiger partial charge in [0.2, 0.25) is 0 Å². The molecule has 1 atom stereocenters. The lowest BCUT2D eigenvalue weighted by molar-refractivity contribution is 0.258. The summed E-state index contributed by atoms with van der Waals surface area (Å²) < 4.78 is 0. The maximum absolute atomic E-state index is 4.74. The molecule has 0 aromatic carbocycles. The molecular formula is C16H31N5S. The molecule has 0 aliphatic heterocycles. The van der Waals surface area contributed by atoms with Crippen LogP contribution in [0.4, 0.5) is 0 Å². The van der Waals surface area contributed by atoms with Gasteiger partial charge in [-0.05, 0) is 34.2 Å². The molecule has 0 aliphatic carbocycles. The van der Waals surface area contributed by atoms with Crippen LogP contribution < -0.4 is 5.32 Å². The third kappa shape index (κ3) is 6.32. The van der Waals surface area contributed by atoms with Gasteiger partial charge in [-0.15, -0.1) is 11.3 Å². The van der Waals surface area contributed by atoms with E-state index in [9.17, 15) is 0 Å². The second-order valence-electron chi connectivity index (χ2n) is 5.69. The van der Waals surface area contributed by atoms with Crippen LogP contribution in [0.1, 0.15) is 37.9 Å². The summed E-state index contributed by atoms with van der Waals surface area (Å²) in [7, 11) is 4.23. The number of nitrogens with zero attached hydrogens (tertiary/aromatic N) is 4. The predicted molar refractivity (Wildman–Crippen MR) is 96.7 cm³/mol. The van der Waals surface area contributed by atoms with Crippen LogP contribution in [0, 0.1) is 6.92 Å². The van der Waals surface area contributed by atoms with E-state index in [1.165, 1.54) is 6.42 Å². The molecule has 6 heteroatoms. The van der Waals surface area contributed by atoms with Gasteiger partial charge in [0.05, 0.1) is 23.8 Å². The summed E-state index contributed by atoms with van der Waals surface area (Å²) in [6, 6.07) is 0.605. The van der Waals surface area contributed by atoms with Crippen LogP contribution in [-0.2, 0) is 6.54 Å². The van der Waals surface area contributed by atoms with Gasteiger partial charge in [-0.25, -0.2) is 4.98 Å². The van der Waals surface area contributed by atoms with Crippen LogP contribution in [0.2, 0.25) is 0 Å². The number of hydrogen-bond donors (Lipinski definition) is 1. The molecule has 1 aromatic heterocycles. The maximum Gasteiger partial charge on any atom is 0.194 e. The van der Waals surface area contributed by atoms with E-state index < -0.39 is 0 Å². The van der Waals surface area contributed by atoms with Crippen molar-refractivity contribution in [1.29, 1.82) is 0 Å². The number of guanidine groups is 1. The van der Waals surface area contributed by atoms with Crippen molar-refractivity contribution in [2.45, 2.75) is 46.7 Å². The summed E-state index contributed by atoms with van der Waals surface area (Å²) in [6.07, 6.45) is 1.17. The second kappa shape index (κ2) is 9.79. The van der Waals surface area contributed by atoms with Crippen LogP contribution in [0.5, 0.6) is 0 Å². The lowest BCUT2D eigenvalue weighted by Crippen LogP contribution is -2.39. The second-order valence-corrected chi connectivity index (χ2v) is 6.75. The molecule has 0 spiro atoms. The highest BCUT2D eigenvalue weighted by atomic mass is 32.1. The lowest BCUT2D eigenvalue weighted by Gasteiger charge is -2.24. The van der Waals surface area contributed by atoms with Gasteiger partial charge in [0.15, 0.2) is 5.96 Å². The maximum atomic E-state index is 4.74. The van der Waals surface area contributed by atoms with Gasteiger partial charge in [-0.2, -0.15) is 0 Å². The van der Waals surface area contributed by atoms with E-state index >= 15 is 0 Å². The van der Waals surface area contributed by atoms with Crippen molar-refractivity contribution in [3.8, 4) is 0 Å². The van der Waals surface area contributed by atoms with Gasteiger partial charge in [0, 0.05) is 31.6 Å². The zero-order valence-electron chi connectivity index (χ0n) is 14.9. The Balaban J connectivity index is 2.57. The molecule has 1 unspecified atom stereocenters. The molecule has 0 saturated heterocycles. The zero-order valence-corrected chi connectivity index (χ0v) is 15.7. The van der Waals surface area contributed by atoms with Crippen molar-refractivity contribution in [3.05, 3.63) is 16.1 Å². The number of thiazole rings is 1. The van der Waals surface area contributed by atoms with Gasteiger partial charge < -0.3 is 15.1 Å². The number of rotatable bonds is 8. The number of likely N-dealkylation sites (N-methyl/N-ethyl adjacent to an activating group) is 1. The van der Waals surface area contributed by atoms with Crippen LogP contribution >= 0.6 is 11.3 Å². The molecule has 1 heterocycles. The molecule has 126 valence electrons. The minimum atomic E-state index is 0.605. The average molecular weight is 326 g/mol. The molecule has 0 fully saturated rings. The molecule has 1 aromatic rings. The Kier molecular flexibility index (Phi) is 8.42. The molecule has 5 nitrogen and oxygen atoms in total. The molecule has 0 saturated carbocycles. The lowest BCUT2D eigenvalue weighted by atomic mass is 10.2. The fourth-order valence-electron chi connectivity index (χ4n) is 2.11. The van der Waals surface area contributed by atoms with Crippen molar-refractivity contribution < 1.29 is 0 Å². The van der Waals surface area contributed by atoms with Crippen molar-refractivity contribution >= 4 is 17.3 Å². The van der Waals surface area contributed by atoms with E-state index in [1.54, 1.807) is 11.3 Å². The Morgan fingerprint density at radius 2 is 2.14 bits per heavy atom. The van der Waals surface area contributed by atoms with Crippen LogP contribution in [0.15, 0.2) is 10.4 Å². The van der Waals surface area contributed by atoms with Gasteiger partial charge in [0.25, 0.3) is 0 Å². The van der Waals surface area contributed by atoms with Crippen molar-refractivity contribution in [2.24, 2.45) is 4.99 Å². The van der Waals surface area contributed by atoms with Crippen LogP contribution in [-0.4, -0.2) is 60.5 Å². The Morgan fingerprint density at radius 1 is 1.41 bits per heavy atom. The SMILES string of the molecule is CCNC(=NCCN(C)C(C)CC)N(C)Cc1csc(C)n1. The topological polar surface area (TPSA) is 43.8 Å². The number of hydrogen-bond acceptors (Lipinski definition) is 4. The summed E-state index contributed by atoms with van der Waals surface area (Å²) in [6.45, 7) is 12.1. The van der Waals surface area contributed by atoms with E-state index in [1.807, 2.05) is 6.92 Å². The first kappa shape index (κ1) is 18.9. The van der Waals surface area contributed by atoms with E-state index in [0.717, 1.165) is 42.8 Å². The molecule has 0 bridgehead atoms. The fourth-order valence-corrected chi connectivity index (χ4v) is 2.72. The van der Waals surface area contributed by atoms with Crippen LogP contribution in [0.3, 0.4) is 0 Å².